The van der Waals surface area contributed by atoms with Gasteiger partial charge in [0.05, 0.1) is 11.7 Å². The summed E-state index contributed by atoms with van der Waals surface area (Å²) in [7, 11) is 1.80. The number of rotatable bonds is 6. The topological polar surface area (TPSA) is 65.5 Å². The molecule has 0 radical (unpaired) electrons. The van der Waals surface area contributed by atoms with E-state index < -0.39 is 0 Å². The van der Waals surface area contributed by atoms with Gasteiger partial charge in [-0.3, -0.25) is 4.79 Å². The van der Waals surface area contributed by atoms with Crippen molar-refractivity contribution < 1.29 is 9.90 Å². The van der Waals surface area contributed by atoms with Crippen molar-refractivity contribution in [2.24, 2.45) is 5.92 Å². The van der Waals surface area contributed by atoms with Gasteiger partial charge in [-0.15, -0.1) is 0 Å². The quantitative estimate of drug-likeness (QED) is 0.822. The molecule has 116 valence electrons. The number of carbonyl (C=O) groups excluding carboxylic acids is 1. The summed E-state index contributed by atoms with van der Waals surface area (Å²) in [6.45, 7) is 3.53. The number of halogens is 1. The lowest BCUT2D eigenvalue weighted by Gasteiger charge is -2.34. The fourth-order valence-electron chi connectivity index (χ4n) is 2.51. The maximum atomic E-state index is 12.6. The second-order valence-electron chi connectivity index (χ2n) is 5.65. The van der Waals surface area contributed by atoms with Crippen LogP contribution in [0.3, 0.4) is 0 Å². The van der Waals surface area contributed by atoms with Crippen molar-refractivity contribution >= 4 is 27.7 Å². The molecule has 1 aromatic heterocycles. The van der Waals surface area contributed by atoms with Gasteiger partial charge >= 0.3 is 0 Å². The van der Waals surface area contributed by atoms with Crippen LogP contribution in [0.15, 0.2) is 16.7 Å². The van der Waals surface area contributed by atoms with Crippen molar-refractivity contribution in [3.8, 4) is 0 Å². The first-order valence-corrected chi connectivity index (χ1v) is 8.13. The molecule has 1 aliphatic rings. The maximum absolute atomic E-state index is 12.6. The maximum Gasteiger partial charge on any atom is 0.257 e. The first kappa shape index (κ1) is 16.2. The number of aliphatic hydroxyl groups excluding tert-OH is 1. The first-order valence-electron chi connectivity index (χ1n) is 7.34. The highest BCUT2D eigenvalue weighted by molar-refractivity contribution is 9.10. The van der Waals surface area contributed by atoms with Crippen molar-refractivity contribution in [1.29, 1.82) is 0 Å². The Labute approximate surface area is 133 Å². The Kier molecular flexibility index (Phi) is 5.58. The van der Waals surface area contributed by atoms with Crippen LogP contribution in [0.1, 0.15) is 36.5 Å². The van der Waals surface area contributed by atoms with E-state index in [-0.39, 0.29) is 12.0 Å². The molecule has 1 saturated carbocycles. The van der Waals surface area contributed by atoms with Gasteiger partial charge in [0.25, 0.3) is 5.91 Å². The van der Waals surface area contributed by atoms with Crippen molar-refractivity contribution in [2.45, 2.75) is 32.3 Å². The lowest BCUT2D eigenvalue weighted by molar-refractivity contribution is 0.0265. The molecular weight excluding hydrogens is 334 g/mol. The third-order valence-electron chi connectivity index (χ3n) is 3.72. The molecule has 0 atom stereocenters. The highest BCUT2D eigenvalue weighted by Gasteiger charge is 2.29. The van der Waals surface area contributed by atoms with Gasteiger partial charge in [0.15, 0.2) is 0 Å². The van der Waals surface area contributed by atoms with Gasteiger partial charge in [0.1, 0.15) is 5.82 Å². The fourth-order valence-corrected chi connectivity index (χ4v) is 2.84. The molecular formula is C15H22BrN3O2. The minimum atomic E-state index is -0.187. The van der Waals surface area contributed by atoms with Crippen LogP contribution in [-0.2, 0) is 0 Å². The Morgan fingerprint density at radius 3 is 2.90 bits per heavy atom. The van der Waals surface area contributed by atoms with Gasteiger partial charge in [0, 0.05) is 30.8 Å². The second-order valence-corrected chi connectivity index (χ2v) is 6.57. The van der Waals surface area contributed by atoms with Crippen LogP contribution in [0.25, 0.3) is 0 Å². The Bertz CT molecular complexity index is 504. The molecule has 1 amide bonds. The molecule has 0 unspecified atom stereocenters. The second kappa shape index (κ2) is 7.22. The minimum absolute atomic E-state index is 0.0382. The number of aliphatic hydroxyl groups is 1. The molecule has 21 heavy (non-hydrogen) atoms. The van der Waals surface area contributed by atoms with E-state index in [4.69, 9.17) is 0 Å². The molecule has 0 aromatic carbocycles. The normalized spacial score (nSPS) is 20.8. The molecule has 6 heteroatoms. The molecule has 2 N–H and O–H groups in total. The van der Waals surface area contributed by atoms with Crippen LogP contribution in [0, 0.1) is 5.92 Å². The third-order valence-corrected chi connectivity index (χ3v) is 4.15. The summed E-state index contributed by atoms with van der Waals surface area (Å²) in [4.78, 5) is 18.6. The summed E-state index contributed by atoms with van der Waals surface area (Å²) in [6.07, 6.45) is 4.05. The zero-order chi connectivity index (χ0) is 15.4. The Hall–Kier alpha value is -1.14. The number of aromatic nitrogens is 1. The van der Waals surface area contributed by atoms with Gasteiger partial charge in [-0.2, -0.15) is 0 Å². The Morgan fingerprint density at radius 2 is 2.29 bits per heavy atom. The predicted octanol–water partition coefficient (Wildman–Crippen LogP) is 2.51. The van der Waals surface area contributed by atoms with Crippen molar-refractivity contribution in [3.63, 3.8) is 0 Å². The van der Waals surface area contributed by atoms with Crippen LogP contribution in [0.2, 0.25) is 0 Å². The number of nitrogens with zero attached hydrogens (tertiary/aromatic N) is 2. The summed E-state index contributed by atoms with van der Waals surface area (Å²) in [5.41, 5.74) is 0.584. The van der Waals surface area contributed by atoms with Gasteiger partial charge in [0.2, 0.25) is 0 Å². The standard InChI is InChI=1S/C15H22BrN3O2/c1-3-4-17-14-13(7-11(16)8-18-14)15(21)19(2)9-10-5-12(20)6-10/h7-8,10,12,20H,3-6,9H2,1-2H3,(H,17,18). The number of carbonyl (C=O) groups is 1. The largest absolute Gasteiger partial charge is 0.393 e. The van der Waals surface area contributed by atoms with Gasteiger partial charge in [-0.05, 0) is 47.2 Å². The summed E-state index contributed by atoms with van der Waals surface area (Å²) in [6, 6.07) is 1.81. The van der Waals surface area contributed by atoms with Gasteiger partial charge in [-0.1, -0.05) is 6.92 Å². The van der Waals surface area contributed by atoms with Crippen molar-refractivity contribution in [2.75, 3.05) is 25.5 Å². The molecule has 5 nitrogen and oxygen atoms in total. The number of nitrogens with one attached hydrogen (secondary N) is 1. The number of anilines is 1. The number of amides is 1. The van der Waals surface area contributed by atoms with E-state index >= 15 is 0 Å². The molecule has 0 saturated heterocycles. The molecule has 1 heterocycles. The molecule has 0 bridgehead atoms. The van der Waals surface area contributed by atoms with Gasteiger partial charge in [-0.25, -0.2) is 4.98 Å². The third kappa shape index (κ3) is 4.17. The van der Waals surface area contributed by atoms with E-state index in [1.165, 1.54) is 0 Å². The average molecular weight is 356 g/mol. The van der Waals surface area contributed by atoms with E-state index in [1.54, 1.807) is 24.2 Å². The first-order chi connectivity index (χ1) is 10.0. The van der Waals surface area contributed by atoms with E-state index in [1.807, 2.05) is 0 Å². The summed E-state index contributed by atoms with van der Waals surface area (Å²) in [5, 5.41) is 12.5. The van der Waals surface area contributed by atoms with Crippen LogP contribution in [0.4, 0.5) is 5.82 Å². The Morgan fingerprint density at radius 1 is 1.57 bits per heavy atom. The SMILES string of the molecule is CCCNc1ncc(Br)cc1C(=O)N(C)CC1CC(O)C1. The lowest BCUT2D eigenvalue weighted by Crippen LogP contribution is -2.39. The highest BCUT2D eigenvalue weighted by Crippen LogP contribution is 2.28. The average Bonchev–Trinajstić information content (AvgIpc) is 2.43. The minimum Gasteiger partial charge on any atom is -0.393 e. The highest BCUT2D eigenvalue weighted by atomic mass is 79.9. The van der Waals surface area contributed by atoms with E-state index in [9.17, 15) is 9.90 Å². The molecule has 2 rings (SSSR count). The summed E-state index contributed by atoms with van der Waals surface area (Å²) < 4.78 is 0.792. The summed E-state index contributed by atoms with van der Waals surface area (Å²) >= 11 is 3.37. The van der Waals surface area contributed by atoms with Gasteiger partial charge < -0.3 is 15.3 Å². The van der Waals surface area contributed by atoms with E-state index in [0.717, 1.165) is 30.3 Å². The monoisotopic (exact) mass is 355 g/mol. The number of hydrogen-bond acceptors (Lipinski definition) is 4. The fraction of sp³-hybridized carbons (Fsp3) is 0.600. The van der Waals surface area contributed by atoms with E-state index in [0.29, 0.717) is 23.8 Å². The smallest absolute Gasteiger partial charge is 0.257 e. The molecule has 1 fully saturated rings. The summed E-state index contributed by atoms with van der Waals surface area (Å²) in [5.74, 6) is 0.996. The van der Waals surface area contributed by atoms with Crippen LogP contribution < -0.4 is 5.32 Å². The van der Waals surface area contributed by atoms with Crippen LogP contribution in [-0.4, -0.2) is 47.1 Å². The molecule has 1 aromatic rings. The van der Waals surface area contributed by atoms with Crippen molar-refractivity contribution in [1.82, 2.24) is 9.88 Å². The van der Waals surface area contributed by atoms with Crippen molar-refractivity contribution in [3.05, 3.63) is 22.3 Å². The lowest BCUT2D eigenvalue weighted by atomic mass is 9.82. The van der Waals surface area contributed by atoms with Crippen LogP contribution >= 0.6 is 15.9 Å². The number of pyridine rings is 1. The Balaban J connectivity index is 2.07. The zero-order valence-corrected chi connectivity index (χ0v) is 14.1. The van der Waals surface area contributed by atoms with Crippen LogP contribution in [0.5, 0.6) is 0 Å². The molecule has 1 aliphatic carbocycles. The molecule has 0 spiro atoms. The predicted molar refractivity (Wildman–Crippen MR) is 86.4 cm³/mol. The number of hydrogen-bond donors (Lipinski definition) is 2. The zero-order valence-electron chi connectivity index (χ0n) is 12.5. The van der Waals surface area contributed by atoms with E-state index in [2.05, 4.69) is 33.2 Å². The molecule has 0 aliphatic heterocycles.